The summed E-state index contributed by atoms with van der Waals surface area (Å²) in [5, 5.41) is 5.43. The van der Waals surface area contributed by atoms with Crippen LogP contribution in [0.25, 0.3) is 10.9 Å². The highest BCUT2D eigenvalue weighted by Gasteiger charge is 2.15. The summed E-state index contributed by atoms with van der Waals surface area (Å²) in [6.45, 7) is 8.70. The molecule has 0 aliphatic carbocycles. The van der Waals surface area contributed by atoms with E-state index in [2.05, 4.69) is 37.1 Å². The summed E-state index contributed by atoms with van der Waals surface area (Å²) in [4.78, 5) is 4.46. The minimum absolute atomic E-state index is 0.383. The SMILES string of the molecule is CCC(C)C(C)Nc1c(Cl)cc(C)c2ncccc12. The Morgan fingerprint density at radius 2 is 2.11 bits per heavy atom. The fourth-order valence-corrected chi connectivity index (χ4v) is 2.57. The summed E-state index contributed by atoms with van der Waals surface area (Å²) >= 11 is 6.41. The van der Waals surface area contributed by atoms with Gasteiger partial charge in [0.1, 0.15) is 0 Å². The maximum Gasteiger partial charge on any atom is 0.0752 e. The zero-order valence-corrected chi connectivity index (χ0v) is 12.8. The van der Waals surface area contributed by atoms with E-state index in [9.17, 15) is 0 Å². The number of pyridine rings is 1. The van der Waals surface area contributed by atoms with Crippen LogP contribution in [0.1, 0.15) is 32.8 Å². The molecule has 0 spiro atoms. The van der Waals surface area contributed by atoms with Crippen molar-refractivity contribution in [1.29, 1.82) is 0 Å². The largest absolute Gasteiger partial charge is 0.381 e. The molecule has 1 aromatic heterocycles. The second-order valence-electron chi connectivity index (χ2n) is 5.27. The van der Waals surface area contributed by atoms with Gasteiger partial charge < -0.3 is 5.32 Å². The number of nitrogens with zero attached hydrogens (tertiary/aromatic N) is 1. The number of nitrogens with one attached hydrogen (secondary N) is 1. The zero-order chi connectivity index (χ0) is 14.0. The Labute approximate surface area is 120 Å². The molecule has 0 saturated heterocycles. The van der Waals surface area contributed by atoms with E-state index in [1.54, 1.807) is 0 Å². The normalized spacial score (nSPS) is 14.4. The van der Waals surface area contributed by atoms with Gasteiger partial charge in [0.05, 0.1) is 16.2 Å². The molecule has 2 rings (SSSR count). The van der Waals surface area contributed by atoms with Crippen LogP contribution in [-0.4, -0.2) is 11.0 Å². The van der Waals surface area contributed by atoms with Crippen LogP contribution >= 0.6 is 11.6 Å². The van der Waals surface area contributed by atoms with Crippen molar-refractivity contribution < 1.29 is 0 Å². The van der Waals surface area contributed by atoms with Crippen molar-refractivity contribution in [2.45, 2.75) is 40.2 Å². The third kappa shape index (κ3) is 2.84. The molecule has 1 heterocycles. The third-order valence-electron chi connectivity index (χ3n) is 3.90. The Kier molecular flexibility index (Phi) is 4.31. The van der Waals surface area contributed by atoms with Crippen LogP contribution in [0.5, 0.6) is 0 Å². The van der Waals surface area contributed by atoms with E-state index in [4.69, 9.17) is 11.6 Å². The summed E-state index contributed by atoms with van der Waals surface area (Å²) < 4.78 is 0. The van der Waals surface area contributed by atoms with E-state index in [1.807, 2.05) is 25.3 Å². The van der Waals surface area contributed by atoms with Crippen molar-refractivity contribution in [1.82, 2.24) is 4.98 Å². The maximum atomic E-state index is 6.41. The van der Waals surface area contributed by atoms with Crippen LogP contribution in [0.15, 0.2) is 24.4 Å². The number of anilines is 1. The highest BCUT2D eigenvalue weighted by Crippen LogP contribution is 2.33. The van der Waals surface area contributed by atoms with Crippen LogP contribution in [-0.2, 0) is 0 Å². The fourth-order valence-electron chi connectivity index (χ4n) is 2.25. The molecule has 0 amide bonds. The molecule has 0 aliphatic heterocycles. The van der Waals surface area contributed by atoms with Gasteiger partial charge in [-0.25, -0.2) is 0 Å². The predicted octanol–water partition coefficient (Wildman–Crippen LogP) is 5.04. The lowest BCUT2D eigenvalue weighted by atomic mass is 10.00. The molecule has 102 valence electrons. The number of rotatable bonds is 4. The first-order valence-electron chi connectivity index (χ1n) is 6.85. The van der Waals surface area contributed by atoms with Crippen molar-refractivity contribution in [2.24, 2.45) is 5.92 Å². The van der Waals surface area contributed by atoms with Crippen LogP contribution in [0.2, 0.25) is 5.02 Å². The van der Waals surface area contributed by atoms with Crippen molar-refractivity contribution >= 4 is 28.2 Å². The van der Waals surface area contributed by atoms with E-state index >= 15 is 0 Å². The summed E-state index contributed by atoms with van der Waals surface area (Å²) in [6.07, 6.45) is 2.97. The second kappa shape index (κ2) is 5.79. The Morgan fingerprint density at radius 1 is 1.37 bits per heavy atom. The zero-order valence-electron chi connectivity index (χ0n) is 12.0. The summed E-state index contributed by atoms with van der Waals surface area (Å²) in [6, 6.07) is 6.40. The van der Waals surface area contributed by atoms with Crippen molar-refractivity contribution in [2.75, 3.05) is 5.32 Å². The molecule has 0 saturated carbocycles. The van der Waals surface area contributed by atoms with Gasteiger partial charge in [0, 0.05) is 17.6 Å². The molecule has 0 bridgehead atoms. The van der Waals surface area contributed by atoms with Crippen LogP contribution < -0.4 is 5.32 Å². The molecule has 1 N–H and O–H groups in total. The third-order valence-corrected chi connectivity index (χ3v) is 4.20. The molecule has 0 fully saturated rings. The minimum atomic E-state index is 0.383. The van der Waals surface area contributed by atoms with Gasteiger partial charge in [-0.15, -0.1) is 0 Å². The van der Waals surface area contributed by atoms with Crippen LogP contribution in [0, 0.1) is 12.8 Å². The molecule has 2 aromatic rings. The standard InChI is InChI=1S/C16H21ClN2/c1-5-10(2)12(4)19-16-13-7-6-8-18-15(13)11(3)9-14(16)17/h6-10,12,19H,5H2,1-4H3. The van der Waals surface area contributed by atoms with E-state index in [0.717, 1.165) is 33.6 Å². The van der Waals surface area contributed by atoms with Crippen molar-refractivity contribution in [3.8, 4) is 0 Å². The molecular formula is C16H21ClN2. The van der Waals surface area contributed by atoms with Crippen LogP contribution in [0.3, 0.4) is 0 Å². The van der Waals surface area contributed by atoms with Gasteiger partial charge in [0.15, 0.2) is 0 Å². The Hall–Kier alpha value is -1.28. The number of hydrogen-bond acceptors (Lipinski definition) is 2. The van der Waals surface area contributed by atoms with Gasteiger partial charge in [0.2, 0.25) is 0 Å². The monoisotopic (exact) mass is 276 g/mol. The number of halogens is 1. The molecule has 2 atom stereocenters. The minimum Gasteiger partial charge on any atom is -0.381 e. The molecule has 0 radical (unpaired) electrons. The van der Waals surface area contributed by atoms with Crippen molar-refractivity contribution in [3.63, 3.8) is 0 Å². The number of fused-ring (bicyclic) bond motifs is 1. The highest BCUT2D eigenvalue weighted by molar-refractivity contribution is 6.35. The first-order chi connectivity index (χ1) is 9.04. The van der Waals surface area contributed by atoms with Gasteiger partial charge in [-0.2, -0.15) is 0 Å². The molecule has 2 nitrogen and oxygen atoms in total. The predicted molar refractivity (Wildman–Crippen MR) is 84.0 cm³/mol. The van der Waals surface area contributed by atoms with Gasteiger partial charge in [0.25, 0.3) is 0 Å². The lowest BCUT2D eigenvalue weighted by molar-refractivity contribution is 0.495. The Morgan fingerprint density at radius 3 is 2.79 bits per heavy atom. The van der Waals surface area contributed by atoms with E-state index in [0.29, 0.717) is 12.0 Å². The smallest absolute Gasteiger partial charge is 0.0752 e. The second-order valence-corrected chi connectivity index (χ2v) is 5.68. The van der Waals surface area contributed by atoms with Gasteiger partial charge >= 0.3 is 0 Å². The first kappa shape index (κ1) is 14.1. The van der Waals surface area contributed by atoms with Crippen LogP contribution in [0.4, 0.5) is 5.69 Å². The lowest BCUT2D eigenvalue weighted by Crippen LogP contribution is -2.23. The van der Waals surface area contributed by atoms with E-state index in [-0.39, 0.29) is 0 Å². The summed E-state index contributed by atoms with van der Waals surface area (Å²) in [5.41, 5.74) is 3.14. The molecule has 1 aromatic carbocycles. The molecule has 2 unspecified atom stereocenters. The average molecular weight is 277 g/mol. The molecule has 0 aliphatic rings. The van der Waals surface area contributed by atoms with Gasteiger partial charge in [-0.1, -0.05) is 31.9 Å². The van der Waals surface area contributed by atoms with E-state index in [1.165, 1.54) is 0 Å². The maximum absolute atomic E-state index is 6.41. The number of aromatic nitrogens is 1. The first-order valence-corrected chi connectivity index (χ1v) is 7.22. The quantitative estimate of drug-likeness (QED) is 0.846. The molecule has 3 heteroatoms. The summed E-state index contributed by atoms with van der Waals surface area (Å²) in [5.74, 6) is 0.601. The van der Waals surface area contributed by atoms with E-state index < -0.39 is 0 Å². The Balaban J connectivity index is 2.48. The number of hydrogen-bond donors (Lipinski definition) is 1. The van der Waals surface area contributed by atoms with Gasteiger partial charge in [-0.3, -0.25) is 4.98 Å². The highest BCUT2D eigenvalue weighted by atomic mass is 35.5. The fraction of sp³-hybridized carbons (Fsp3) is 0.438. The topological polar surface area (TPSA) is 24.9 Å². The number of benzene rings is 1. The molecular weight excluding hydrogens is 256 g/mol. The average Bonchev–Trinajstić information content (AvgIpc) is 2.42. The van der Waals surface area contributed by atoms with Crippen molar-refractivity contribution in [3.05, 3.63) is 35.0 Å². The Bertz CT molecular complexity index is 580. The molecule has 19 heavy (non-hydrogen) atoms. The summed E-state index contributed by atoms with van der Waals surface area (Å²) in [7, 11) is 0. The number of aryl methyl sites for hydroxylation is 1. The lowest BCUT2D eigenvalue weighted by Gasteiger charge is -2.23. The van der Waals surface area contributed by atoms with Gasteiger partial charge in [-0.05, 0) is 43.5 Å².